The van der Waals surface area contributed by atoms with Crippen LogP contribution in [0.5, 0.6) is 0 Å². The van der Waals surface area contributed by atoms with Gasteiger partial charge >= 0.3 is 0 Å². The van der Waals surface area contributed by atoms with Crippen LogP contribution in [0.3, 0.4) is 0 Å². The largest absolute Gasteiger partial charge is 0.370 e. The maximum Gasteiger partial charge on any atom is 0.239 e. The van der Waals surface area contributed by atoms with Gasteiger partial charge < -0.3 is 15.1 Å². The number of likely N-dealkylation sites (N-methyl/N-ethyl adjacent to an activating group) is 1. The molecule has 3 rings (SSSR count). The molecule has 0 unspecified atom stereocenters. The van der Waals surface area contributed by atoms with Gasteiger partial charge in [-0.1, -0.05) is 0 Å². The summed E-state index contributed by atoms with van der Waals surface area (Å²) in [6.07, 6.45) is 2.82. The Bertz CT molecular complexity index is 795. The van der Waals surface area contributed by atoms with Crippen molar-refractivity contribution in [3.63, 3.8) is 0 Å². The third kappa shape index (κ3) is 5.21. The van der Waals surface area contributed by atoms with Crippen molar-refractivity contribution in [2.45, 2.75) is 26.2 Å². The van der Waals surface area contributed by atoms with Crippen LogP contribution in [-0.4, -0.2) is 38.6 Å². The van der Waals surface area contributed by atoms with Crippen LogP contribution in [0.1, 0.15) is 25.3 Å². The average molecular weight is 387 g/mol. The smallest absolute Gasteiger partial charge is 0.239 e. The van der Waals surface area contributed by atoms with Crippen LogP contribution >= 0.6 is 0 Å². The predicted molar refractivity (Wildman–Crippen MR) is 109 cm³/mol. The van der Waals surface area contributed by atoms with Crippen LogP contribution in [0.4, 0.5) is 20.2 Å². The monoisotopic (exact) mass is 387 g/mol. The fraction of sp³-hybridized carbons (Fsp3) is 0.409. The summed E-state index contributed by atoms with van der Waals surface area (Å²) < 4.78 is 26.6. The maximum absolute atomic E-state index is 13.5. The number of hydrogen-bond acceptors (Lipinski definition) is 3. The number of anilines is 2. The Kier molecular flexibility index (Phi) is 6.85. The minimum atomic E-state index is -0.259. The van der Waals surface area contributed by atoms with E-state index in [0.717, 1.165) is 49.3 Å². The molecule has 0 saturated heterocycles. The molecule has 4 nitrogen and oxygen atoms in total. The van der Waals surface area contributed by atoms with Crippen molar-refractivity contribution in [2.75, 3.05) is 42.5 Å². The van der Waals surface area contributed by atoms with Crippen molar-refractivity contribution in [1.29, 1.82) is 0 Å². The van der Waals surface area contributed by atoms with Crippen molar-refractivity contribution in [3.8, 4) is 0 Å². The molecular weight excluding hydrogens is 360 g/mol. The van der Waals surface area contributed by atoms with Gasteiger partial charge in [0.05, 0.1) is 6.54 Å². The van der Waals surface area contributed by atoms with Crippen molar-refractivity contribution in [2.24, 2.45) is 0 Å². The lowest BCUT2D eigenvalue weighted by atomic mass is 10.1. The first-order chi connectivity index (χ1) is 13.6. The summed E-state index contributed by atoms with van der Waals surface area (Å²) in [5.74, 6) is -0.538. The van der Waals surface area contributed by atoms with Crippen molar-refractivity contribution >= 4 is 17.3 Å². The molecule has 28 heavy (non-hydrogen) atoms. The van der Waals surface area contributed by atoms with E-state index < -0.39 is 0 Å². The second kappa shape index (κ2) is 9.53. The highest BCUT2D eigenvalue weighted by Gasteiger charge is 2.18. The van der Waals surface area contributed by atoms with E-state index in [1.165, 1.54) is 18.2 Å². The van der Waals surface area contributed by atoms with E-state index in [0.29, 0.717) is 13.1 Å². The molecule has 150 valence electrons. The van der Waals surface area contributed by atoms with Gasteiger partial charge in [0.2, 0.25) is 5.91 Å². The Morgan fingerprint density at radius 1 is 1.11 bits per heavy atom. The summed E-state index contributed by atoms with van der Waals surface area (Å²) in [5, 5.41) is 2.97. The van der Waals surface area contributed by atoms with Crippen molar-refractivity contribution in [3.05, 3.63) is 59.7 Å². The SMILES string of the molecule is CCN(CCNC(=O)CN1CCCCc2cc(F)ccc21)c1ccc(F)cc1. The Labute approximate surface area is 165 Å². The lowest BCUT2D eigenvalue weighted by molar-refractivity contribution is -0.119. The third-order valence-corrected chi connectivity index (χ3v) is 5.12. The minimum absolute atomic E-state index is 0.0488. The molecule has 0 fully saturated rings. The highest BCUT2D eigenvalue weighted by atomic mass is 19.1. The molecule has 1 amide bonds. The number of carbonyl (C=O) groups excluding carboxylic acids is 1. The molecule has 2 aromatic rings. The van der Waals surface area contributed by atoms with Gasteiger partial charge in [0.15, 0.2) is 0 Å². The average Bonchev–Trinajstić information content (AvgIpc) is 2.88. The summed E-state index contributed by atoms with van der Waals surface area (Å²) in [5.41, 5.74) is 2.86. The van der Waals surface area contributed by atoms with Gasteiger partial charge in [0.1, 0.15) is 11.6 Å². The molecule has 6 heteroatoms. The topological polar surface area (TPSA) is 35.6 Å². The van der Waals surface area contributed by atoms with Crippen molar-refractivity contribution in [1.82, 2.24) is 5.32 Å². The third-order valence-electron chi connectivity index (χ3n) is 5.12. The molecule has 2 aromatic carbocycles. The lowest BCUT2D eigenvalue weighted by Gasteiger charge is -2.26. The normalized spacial score (nSPS) is 13.6. The summed E-state index contributed by atoms with van der Waals surface area (Å²) in [6.45, 7) is 5.01. The zero-order valence-corrected chi connectivity index (χ0v) is 16.3. The Hall–Kier alpha value is -2.63. The summed E-state index contributed by atoms with van der Waals surface area (Å²) in [7, 11) is 0. The summed E-state index contributed by atoms with van der Waals surface area (Å²) in [4.78, 5) is 16.6. The van der Waals surface area contributed by atoms with Gasteiger partial charge in [-0.05, 0) is 74.2 Å². The first-order valence-electron chi connectivity index (χ1n) is 9.87. The van der Waals surface area contributed by atoms with E-state index >= 15 is 0 Å². The molecular formula is C22H27F2N3O. The minimum Gasteiger partial charge on any atom is -0.370 e. The molecule has 0 aromatic heterocycles. The van der Waals surface area contributed by atoms with Gasteiger partial charge in [-0.2, -0.15) is 0 Å². The van der Waals surface area contributed by atoms with E-state index in [9.17, 15) is 13.6 Å². The number of hydrogen-bond donors (Lipinski definition) is 1. The summed E-state index contributed by atoms with van der Waals surface area (Å²) in [6, 6.07) is 11.2. The quantitative estimate of drug-likeness (QED) is 0.786. The molecule has 0 atom stereocenters. The molecule has 1 heterocycles. The van der Waals surface area contributed by atoms with Gasteiger partial charge in [0, 0.05) is 37.6 Å². The standard InChI is InChI=1S/C22H27F2N3O/c1-2-26(20-9-6-18(23)7-10-20)14-12-25-22(28)16-27-13-4-3-5-17-15-19(24)8-11-21(17)27/h6-11,15H,2-5,12-14,16H2,1H3,(H,25,28). The second-order valence-corrected chi connectivity index (χ2v) is 7.06. The highest BCUT2D eigenvalue weighted by Crippen LogP contribution is 2.26. The molecule has 0 radical (unpaired) electrons. The number of benzene rings is 2. The number of nitrogens with zero attached hydrogens (tertiary/aromatic N) is 2. The van der Waals surface area contributed by atoms with Crippen LogP contribution in [0, 0.1) is 11.6 Å². The predicted octanol–water partition coefficient (Wildman–Crippen LogP) is 3.75. The molecule has 1 aliphatic heterocycles. The van der Waals surface area contributed by atoms with Gasteiger partial charge in [0.25, 0.3) is 0 Å². The zero-order valence-electron chi connectivity index (χ0n) is 16.3. The van der Waals surface area contributed by atoms with Gasteiger partial charge in [-0.15, -0.1) is 0 Å². The van der Waals surface area contributed by atoms with Crippen LogP contribution in [-0.2, 0) is 11.2 Å². The van der Waals surface area contributed by atoms with Crippen molar-refractivity contribution < 1.29 is 13.6 Å². The van der Waals surface area contributed by atoms with Crippen LogP contribution in [0.25, 0.3) is 0 Å². The molecule has 0 aliphatic carbocycles. The molecule has 1 aliphatic rings. The number of nitrogens with one attached hydrogen (secondary N) is 1. The number of aryl methyl sites for hydroxylation is 1. The first kappa shape index (κ1) is 20.1. The highest BCUT2D eigenvalue weighted by molar-refractivity contribution is 5.81. The second-order valence-electron chi connectivity index (χ2n) is 7.06. The van der Waals surface area contributed by atoms with Gasteiger partial charge in [-0.3, -0.25) is 4.79 Å². The van der Waals surface area contributed by atoms with E-state index in [2.05, 4.69) is 10.2 Å². The maximum atomic E-state index is 13.5. The lowest BCUT2D eigenvalue weighted by Crippen LogP contribution is -2.41. The molecule has 0 spiro atoms. The molecule has 1 N–H and O–H groups in total. The Morgan fingerprint density at radius 2 is 1.86 bits per heavy atom. The zero-order chi connectivity index (χ0) is 19.9. The number of amides is 1. The fourth-order valence-electron chi connectivity index (χ4n) is 3.65. The number of fused-ring (bicyclic) bond motifs is 1. The van der Waals surface area contributed by atoms with Crippen LogP contribution < -0.4 is 15.1 Å². The van der Waals surface area contributed by atoms with Crippen LogP contribution in [0.15, 0.2) is 42.5 Å². The molecule has 0 saturated carbocycles. The number of halogens is 2. The molecule has 0 bridgehead atoms. The first-order valence-corrected chi connectivity index (χ1v) is 9.87. The fourth-order valence-corrected chi connectivity index (χ4v) is 3.65. The number of carbonyl (C=O) groups is 1. The van der Waals surface area contributed by atoms with E-state index in [1.807, 2.05) is 11.8 Å². The van der Waals surface area contributed by atoms with E-state index in [1.54, 1.807) is 24.3 Å². The van der Waals surface area contributed by atoms with Gasteiger partial charge in [-0.25, -0.2) is 8.78 Å². The number of rotatable bonds is 7. The Morgan fingerprint density at radius 3 is 2.61 bits per heavy atom. The Balaban J connectivity index is 1.53. The summed E-state index contributed by atoms with van der Waals surface area (Å²) >= 11 is 0. The van der Waals surface area contributed by atoms with E-state index in [-0.39, 0.29) is 24.1 Å². The van der Waals surface area contributed by atoms with E-state index in [4.69, 9.17) is 0 Å². The van der Waals surface area contributed by atoms with Crippen LogP contribution in [0.2, 0.25) is 0 Å².